The highest BCUT2D eigenvalue weighted by molar-refractivity contribution is 7.89. The van der Waals surface area contributed by atoms with Crippen LogP contribution in [-0.2, 0) is 10.0 Å². The Labute approximate surface area is 173 Å². The first kappa shape index (κ1) is 22.8. The summed E-state index contributed by atoms with van der Waals surface area (Å²) >= 11 is 5.34. The molecule has 0 atom stereocenters. The van der Waals surface area contributed by atoms with Crippen molar-refractivity contribution in [2.75, 3.05) is 72.8 Å². The van der Waals surface area contributed by atoms with E-state index >= 15 is 0 Å². The van der Waals surface area contributed by atoms with Crippen molar-refractivity contribution in [2.24, 2.45) is 0 Å². The van der Waals surface area contributed by atoms with Crippen LogP contribution in [0.3, 0.4) is 0 Å². The third kappa shape index (κ3) is 6.28. The van der Waals surface area contributed by atoms with Crippen LogP contribution in [-0.4, -0.2) is 95.2 Å². The van der Waals surface area contributed by atoms with E-state index in [0.29, 0.717) is 29.6 Å². The van der Waals surface area contributed by atoms with Crippen molar-refractivity contribution in [3.63, 3.8) is 0 Å². The van der Waals surface area contributed by atoms with E-state index in [1.165, 1.54) is 4.31 Å². The fourth-order valence-corrected chi connectivity index (χ4v) is 4.55. The number of likely N-dealkylation sites (N-methyl/N-ethyl adjacent to an activating group) is 1. The molecule has 0 spiro atoms. The van der Waals surface area contributed by atoms with Crippen molar-refractivity contribution in [1.82, 2.24) is 19.4 Å². The molecule has 0 saturated carbocycles. The topological polar surface area (TPSA) is 77.2 Å². The molecule has 28 heavy (non-hydrogen) atoms. The third-order valence-electron chi connectivity index (χ3n) is 4.59. The van der Waals surface area contributed by atoms with Crippen LogP contribution >= 0.6 is 12.2 Å². The lowest BCUT2D eigenvalue weighted by Gasteiger charge is -2.31. The highest BCUT2D eigenvalue weighted by Gasteiger charge is 2.28. The van der Waals surface area contributed by atoms with Crippen molar-refractivity contribution in [2.45, 2.75) is 11.3 Å². The zero-order valence-corrected chi connectivity index (χ0v) is 18.7. The molecule has 1 fully saturated rings. The second-order valence-corrected chi connectivity index (χ2v) is 9.45. The molecule has 1 saturated heterocycles. The summed E-state index contributed by atoms with van der Waals surface area (Å²) in [6.45, 7) is 4.10. The van der Waals surface area contributed by atoms with Crippen LogP contribution < -0.4 is 15.4 Å². The summed E-state index contributed by atoms with van der Waals surface area (Å²) in [5, 5.41) is 6.64. The quantitative estimate of drug-likeness (QED) is 0.466. The highest BCUT2D eigenvalue weighted by atomic mass is 32.2. The molecule has 0 radical (unpaired) electrons. The summed E-state index contributed by atoms with van der Waals surface area (Å²) in [6.07, 6.45) is 0.948. The Morgan fingerprint density at radius 1 is 1.25 bits per heavy atom. The molecule has 2 N–H and O–H groups in total. The summed E-state index contributed by atoms with van der Waals surface area (Å²) < 4.78 is 32.9. The number of anilines is 1. The van der Waals surface area contributed by atoms with Crippen LogP contribution in [0.15, 0.2) is 23.1 Å². The van der Waals surface area contributed by atoms with Gasteiger partial charge in [-0.3, -0.25) is 0 Å². The normalized spacial score (nSPS) is 16.2. The number of thiocarbonyl (C=S) groups is 1. The standard InChI is InChI=1S/C18H31N5O3S2/c1-21(2)9-5-8-19-18(27)20-16-14-15(6-7-17(16)26-4)28(24,25)23-12-10-22(3)11-13-23/h6-7,14H,5,8-13H2,1-4H3,(H2,19,20,27). The van der Waals surface area contributed by atoms with E-state index in [1.807, 2.05) is 21.1 Å². The maximum atomic E-state index is 13.0. The Morgan fingerprint density at radius 2 is 1.93 bits per heavy atom. The largest absolute Gasteiger partial charge is 0.495 e. The van der Waals surface area contributed by atoms with Gasteiger partial charge < -0.3 is 25.2 Å². The Bertz CT molecular complexity index is 762. The van der Waals surface area contributed by atoms with Gasteiger partial charge in [-0.15, -0.1) is 0 Å². The molecular weight excluding hydrogens is 398 g/mol. The SMILES string of the molecule is COc1ccc(S(=O)(=O)N2CCN(C)CC2)cc1NC(=S)NCCCN(C)C. The molecule has 1 aliphatic rings. The lowest BCUT2D eigenvalue weighted by molar-refractivity contribution is 0.222. The first-order chi connectivity index (χ1) is 13.2. The minimum Gasteiger partial charge on any atom is -0.495 e. The average molecular weight is 430 g/mol. The molecule has 0 aromatic heterocycles. The fraction of sp³-hybridized carbons (Fsp3) is 0.611. The number of methoxy groups -OCH3 is 1. The number of piperazine rings is 1. The smallest absolute Gasteiger partial charge is 0.243 e. The Kier molecular flexibility index (Phi) is 8.44. The molecule has 158 valence electrons. The summed E-state index contributed by atoms with van der Waals surface area (Å²) in [4.78, 5) is 4.46. The van der Waals surface area contributed by atoms with Gasteiger partial charge in [-0.1, -0.05) is 0 Å². The first-order valence-corrected chi connectivity index (χ1v) is 11.1. The maximum Gasteiger partial charge on any atom is 0.243 e. The molecule has 1 heterocycles. The van der Waals surface area contributed by atoms with E-state index in [2.05, 4.69) is 20.4 Å². The molecule has 0 unspecified atom stereocenters. The second-order valence-electron chi connectivity index (χ2n) is 7.11. The zero-order valence-electron chi connectivity index (χ0n) is 17.1. The molecule has 2 rings (SSSR count). The molecule has 1 aliphatic heterocycles. The fourth-order valence-electron chi connectivity index (χ4n) is 2.89. The van der Waals surface area contributed by atoms with Crippen molar-refractivity contribution >= 4 is 33.0 Å². The Balaban J connectivity index is 2.09. The Hall–Kier alpha value is -1.46. The number of sulfonamides is 1. The van der Waals surface area contributed by atoms with E-state index in [9.17, 15) is 8.42 Å². The molecule has 1 aromatic rings. The predicted molar refractivity (Wildman–Crippen MR) is 117 cm³/mol. The summed E-state index contributed by atoms with van der Waals surface area (Å²) in [5.41, 5.74) is 0.530. The van der Waals surface area contributed by atoms with E-state index in [1.54, 1.807) is 25.3 Å². The van der Waals surface area contributed by atoms with E-state index < -0.39 is 10.0 Å². The van der Waals surface area contributed by atoms with Gasteiger partial charge in [0.05, 0.1) is 17.7 Å². The van der Waals surface area contributed by atoms with Crippen LogP contribution in [0.2, 0.25) is 0 Å². The van der Waals surface area contributed by atoms with Crippen molar-refractivity contribution in [1.29, 1.82) is 0 Å². The molecule has 1 aromatic carbocycles. The molecule has 0 bridgehead atoms. The van der Waals surface area contributed by atoms with Crippen LogP contribution in [0.1, 0.15) is 6.42 Å². The Morgan fingerprint density at radius 3 is 2.54 bits per heavy atom. The van der Waals surface area contributed by atoms with Gasteiger partial charge in [0.2, 0.25) is 10.0 Å². The van der Waals surface area contributed by atoms with Gasteiger partial charge in [0, 0.05) is 32.7 Å². The van der Waals surface area contributed by atoms with Crippen LogP contribution in [0.25, 0.3) is 0 Å². The van der Waals surface area contributed by atoms with Crippen molar-refractivity contribution in [3.05, 3.63) is 18.2 Å². The molecular formula is C18H31N5O3S2. The molecule has 8 nitrogen and oxygen atoms in total. The minimum atomic E-state index is -3.56. The van der Waals surface area contributed by atoms with Crippen molar-refractivity contribution in [3.8, 4) is 5.75 Å². The minimum absolute atomic E-state index is 0.232. The van der Waals surface area contributed by atoms with Crippen LogP contribution in [0, 0.1) is 0 Å². The van der Waals surface area contributed by atoms with E-state index in [-0.39, 0.29) is 4.90 Å². The second kappa shape index (κ2) is 10.4. The van der Waals surface area contributed by atoms with Gasteiger partial charge in [-0.2, -0.15) is 4.31 Å². The van der Waals surface area contributed by atoms with Gasteiger partial charge in [0.1, 0.15) is 5.75 Å². The highest BCUT2D eigenvalue weighted by Crippen LogP contribution is 2.29. The molecule has 0 aliphatic carbocycles. The number of ether oxygens (including phenoxy) is 1. The first-order valence-electron chi connectivity index (χ1n) is 9.30. The number of rotatable bonds is 8. The lowest BCUT2D eigenvalue weighted by atomic mass is 10.3. The van der Waals surface area contributed by atoms with Crippen LogP contribution in [0.5, 0.6) is 5.75 Å². The van der Waals surface area contributed by atoms with Gasteiger partial charge in [0.25, 0.3) is 0 Å². The van der Waals surface area contributed by atoms with Gasteiger partial charge in [0.15, 0.2) is 5.11 Å². The average Bonchev–Trinajstić information content (AvgIpc) is 2.65. The summed E-state index contributed by atoms with van der Waals surface area (Å²) in [7, 11) is 4.02. The van der Waals surface area contributed by atoms with E-state index in [0.717, 1.165) is 32.6 Å². The predicted octanol–water partition coefficient (Wildman–Crippen LogP) is 0.869. The summed E-state index contributed by atoms with van der Waals surface area (Å²) in [6, 6.07) is 4.81. The summed E-state index contributed by atoms with van der Waals surface area (Å²) in [5.74, 6) is 0.537. The number of hydrogen-bond acceptors (Lipinski definition) is 6. The van der Waals surface area contributed by atoms with Crippen LogP contribution in [0.4, 0.5) is 5.69 Å². The lowest BCUT2D eigenvalue weighted by Crippen LogP contribution is -2.47. The number of hydrogen-bond donors (Lipinski definition) is 2. The monoisotopic (exact) mass is 429 g/mol. The third-order valence-corrected chi connectivity index (χ3v) is 6.73. The van der Waals surface area contributed by atoms with Gasteiger partial charge >= 0.3 is 0 Å². The number of nitrogens with one attached hydrogen (secondary N) is 2. The number of benzene rings is 1. The molecule has 10 heteroatoms. The molecule has 0 amide bonds. The number of nitrogens with zero attached hydrogens (tertiary/aromatic N) is 3. The van der Waals surface area contributed by atoms with E-state index in [4.69, 9.17) is 17.0 Å². The van der Waals surface area contributed by atoms with Crippen molar-refractivity contribution < 1.29 is 13.2 Å². The van der Waals surface area contributed by atoms with Gasteiger partial charge in [-0.05, 0) is 64.5 Å². The van der Waals surface area contributed by atoms with Gasteiger partial charge in [-0.25, -0.2) is 8.42 Å². The zero-order chi connectivity index (χ0) is 20.7. The maximum absolute atomic E-state index is 13.0.